The quantitative estimate of drug-likeness (QED) is 0.462. The minimum atomic E-state index is -0.470. The van der Waals surface area contributed by atoms with Crippen LogP contribution in [0.1, 0.15) is 27.3 Å². The van der Waals surface area contributed by atoms with Crippen LogP contribution in [0, 0.1) is 17.0 Å². The van der Waals surface area contributed by atoms with Gasteiger partial charge in [0, 0.05) is 61.8 Å². The molecular formula is C21H21N5O3S. The lowest BCUT2D eigenvalue weighted by atomic mass is 10.1. The van der Waals surface area contributed by atoms with E-state index in [1.54, 1.807) is 4.90 Å². The van der Waals surface area contributed by atoms with Crippen LogP contribution in [0.2, 0.25) is 0 Å². The van der Waals surface area contributed by atoms with E-state index >= 15 is 0 Å². The van der Waals surface area contributed by atoms with E-state index in [9.17, 15) is 14.9 Å². The summed E-state index contributed by atoms with van der Waals surface area (Å²) in [5, 5.41) is 11.6. The number of aromatic nitrogens is 2. The predicted octanol–water partition coefficient (Wildman–Crippen LogP) is 3.31. The number of nitro benzene ring substituents is 1. The van der Waals surface area contributed by atoms with E-state index in [1.807, 2.05) is 0 Å². The maximum absolute atomic E-state index is 12.7. The van der Waals surface area contributed by atoms with Crippen LogP contribution in [-0.4, -0.2) is 51.3 Å². The standard InChI is InChI=1S/C21H21N5O3S/c1-15-2-4-16(5-3-15)14-19-22-21(30-23-19)25-12-10-24(11-13-25)20(27)17-6-8-18(9-7-17)26(28)29/h2-9H,10-14H2,1H3. The number of piperazine rings is 1. The second-order valence-corrected chi connectivity index (χ2v) is 7.97. The number of amides is 1. The van der Waals surface area contributed by atoms with Crippen molar-refractivity contribution in [1.82, 2.24) is 14.3 Å². The average Bonchev–Trinajstić information content (AvgIpc) is 3.23. The van der Waals surface area contributed by atoms with Crippen LogP contribution in [-0.2, 0) is 6.42 Å². The maximum atomic E-state index is 12.7. The summed E-state index contributed by atoms with van der Waals surface area (Å²) in [6, 6.07) is 14.1. The molecule has 1 aliphatic heterocycles. The first-order chi connectivity index (χ1) is 14.5. The van der Waals surface area contributed by atoms with Crippen LogP contribution in [0.5, 0.6) is 0 Å². The van der Waals surface area contributed by atoms with Crippen molar-refractivity contribution in [2.24, 2.45) is 0 Å². The van der Waals surface area contributed by atoms with Crippen molar-refractivity contribution >= 4 is 28.3 Å². The van der Waals surface area contributed by atoms with E-state index in [2.05, 4.69) is 45.4 Å². The predicted molar refractivity (Wildman–Crippen MR) is 115 cm³/mol. The molecule has 8 nitrogen and oxygen atoms in total. The molecule has 9 heteroatoms. The van der Waals surface area contributed by atoms with Crippen molar-refractivity contribution < 1.29 is 9.72 Å². The Kier molecular flexibility index (Phi) is 5.71. The van der Waals surface area contributed by atoms with Crippen LogP contribution in [0.3, 0.4) is 0 Å². The van der Waals surface area contributed by atoms with Gasteiger partial charge in [-0.05, 0) is 24.6 Å². The molecule has 30 heavy (non-hydrogen) atoms. The number of rotatable bonds is 5. The van der Waals surface area contributed by atoms with E-state index in [1.165, 1.54) is 46.9 Å². The van der Waals surface area contributed by atoms with Crippen LogP contribution < -0.4 is 4.90 Å². The van der Waals surface area contributed by atoms with Crippen molar-refractivity contribution in [3.8, 4) is 0 Å². The van der Waals surface area contributed by atoms with Crippen LogP contribution in [0.15, 0.2) is 48.5 Å². The van der Waals surface area contributed by atoms with Crippen LogP contribution in [0.4, 0.5) is 10.8 Å². The number of carbonyl (C=O) groups excluding carboxylic acids is 1. The Labute approximate surface area is 178 Å². The zero-order chi connectivity index (χ0) is 21.1. The molecule has 1 saturated heterocycles. The Hall–Kier alpha value is -3.33. The molecule has 1 amide bonds. The van der Waals surface area contributed by atoms with Gasteiger partial charge in [-0.15, -0.1) is 0 Å². The number of non-ortho nitro benzene ring substituents is 1. The van der Waals surface area contributed by atoms with Gasteiger partial charge in [-0.25, -0.2) is 4.98 Å². The van der Waals surface area contributed by atoms with Gasteiger partial charge in [0.15, 0.2) is 0 Å². The average molecular weight is 423 g/mol. The zero-order valence-corrected chi connectivity index (χ0v) is 17.3. The van der Waals surface area contributed by atoms with Crippen molar-refractivity contribution in [2.75, 3.05) is 31.1 Å². The number of carbonyl (C=O) groups is 1. The molecule has 1 fully saturated rings. The van der Waals surface area contributed by atoms with E-state index in [0.717, 1.165) is 11.0 Å². The minimum absolute atomic E-state index is 0.0194. The summed E-state index contributed by atoms with van der Waals surface area (Å²) in [5.41, 5.74) is 2.86. The van der Waals surface area contributed by atoms with Crippen molar-refractivity contribution in [3.05, 3.63) is 81.2 Å². The molecule has 0 radical (unpaired) electrons. The van der Waals surface area contributed by atoms with Gasteiger partial charge in [-0.1, -0.05) is 29.8 Å². The fraction of sp³-hybridized carbons (Fsp3) is 0.286. The van der Waals surface area contributed by atoms with Gasteiger partial charge >= 0.3 is 0 Å². The summed E-state index contributed by atoms with van der Waals surface area (Å²) < 4.78 is 4.49. The summed E-state index contributed by atoms with van der Waals surface area (Å²) in [5.74, 6) is 0.699. The number of aryl methyl sites for hydroxylation is 1. The molecule has 0 unspecified atom stereocenters. The lowest BCUT2D eigenvalue weighted by Crippen LogP contribution is -2.48. The monoisotopic (exact) mass is 423 g/mol. The summed E-state index contributed by atoms with van der Waals surface area (Å²) in [7, 11) is 0. The molecule has 2 aromatic carbocycles. The van der Waals surface area contributed by atoms with Gasteiger partial charge in [-0.2, -0.15) is 4.37 Å². The number of hydrogen-bond donors (Lipinski definition) is 0. The molecule has 0 atom stereocenters. The van der Waals surface area contributed by atoms with Crippen molar-refractivity contribution in [1.29, 1.82) is 0 Å². The SMILES string of the molecule is Cc1ccc(Cc2nsc(N3CCN(C(=O)c4ccc([N+](=O)[O-])cc4)CC3)n2)cc1. The first-order valence-corrected chi connectivity index (χ1v) is 10.4. The zero-order valence-electron chi connectivity index (χ0n) is 16.5. The third-order valence-electron chi connectivity index (χ3n) is 5.10. The number of hydrogen-bond acceptors (Lipinski definition) is 7. The highest BCUT2D eigenvalue weighted by molar-refractivity contribution is 7.09. The smallest absolute Gasteiger partial charge is 0.269 e. The summed E-state index contributed by atoms with van der Waals surface area (Å²) in [4.78, 5) is 31.6. The second kappa shape index (κ2) is 8.58. The van der Waals surface area contributed by atoms with Crippen LogP contribution >= 0.6 is 11.5 Å². The molecule has 0 saturated carbocycles. The molecular weight excluding hydrogens is 402 g/mol. The van der Waals surface area contributed by atoms with Crippen molar-refractivity contribution in [2.45, 2.75) is 13.3 Å². The highest BCUT2D eigenvalue weighted by atomic mass is 32.1. The highest BCUT2D eigenvalue weighted by Crippen LogP contribution is 2.21. The maximum Gasteiger partial charge on any atom is 0.269 e. The molecule has 3 aromatic rings. The molecule has 2 heterocycles. The molecule has 154 valence electrons. The third kappa shape index (κ3) is 4.46. The molecule has 0 N–H and O–H groups in total. The lowest BCUT2D eigenvalue weighted by Gasteiger charge is -2.34. The largest absolute Gasteiger partial charge is 0.343 e. The van der Waals surface area contributed by atoms with E-state index < -0.39 is 4.92 Å². The summed E-state index contributed by atoms with van der Waals surface area (Å²) in [6.45, 7) is 4.57. The lowest BCUT2D eigenvalue weighted by molar-refractivity contribution is -0.384. The molecule has 0 bridgehead atoms. The summed E-state index contributed by atoms with van der Waals surface area (Å²) >= 11 is 1.39. The third-order valence-corrected chi connectivity index (χ3v) is 5.92. The molecule has 4 rings (SSSR count). The first kappa shape index (κ1) is 20.0. The second-order valence-electron chi connectivity index (χ2n) is 7.24. The Balaban J connectivity index is 1.34. The normalized spacial score (nSPS) is 14.0. The van der Waals surface area contributed by atoms with E-state index in [4.69, 9.17) is 0 Å². The van der Waals surface area contributed by atoms with Gasteiger partial charge in [0.2, 0.25) is 5.13 Å². The minimum Gasteiger partial charge on any atom is -0.343 e. The Morgan fingerprint density at radius 3 is 2.37 bits per heavy atom. The van der Waals surface area contributed by atoms with Crippen molar-refractivity contribution in [3.63, 3.8) is 0 Å². The molecule has 0 aliphatic carbocycles. The number of nitrogens with zero attached hydrogens (tertiary/aromatic N) is 5. The Morgan fingerprint density at radius 1 is 1.07 bits per heavy atom. The van der Waals surface area contributed by atoms with Crippen LogP contribution in [0.25, 0.3) is 0 Å². The summed E-state index contributed by atoms with van der Waals surface area (Å²) in [6.07, 6.45) is 0.704. The number of nitro groups is 1. The Bertz CT molecular complexity index is 1040. The fourth-order valence-electron chi connectivity index (χ4n) is 3.34. The number of benzene rings is 2. The van der Waals surface area contributed by atoms with Gasteiger partial charge < -0.3 is 9.80 Å². The van der Waals surface area contributed by atoms with Gasteiger partial charge in [0.05, 0.1) is 4.92 Å². The Morgan fingerprint density at radius 2 is 1.73 bits per heavy atom. The first-order valence-electron chi connectivity index (χ1n) is 9.66. The molecule has 0 spiro atoms. The topological polar surface area (TPSA) is 92.5 Å². The van der Waals surface area contributed by atoms with Gasteiger partial charge in [0.25, 0.3) is 11.6 Å². The van der Waals surface area contributed by atoms with E-state index in [0.29, 0.717) is 38.2 Å². The number of anilines is 1. The molecule has 1 aliphatic rings. The van der Waals surface area contributed by atoms with Gasteiger partial charge in [0.1, 0.15) is 5.82 Å². The van der Waals surface area contributed by atoms with Gasteiger partial charge in [-0.3, -0.25) is 14.9 Å². The highest BCUT2D eigenvalue weighted by Gasteiger charge is 2.24. The molecule has 1 aromatic heterocycles. The fourth-order valence-corrected chi connectivity index (χ4v) is 4.08. The van der Waals surface area contributed by atoms with E-state index in [-0.39, 0.29) is 11.6 Å².